The van der Waals surface area contributed by atoms with Crippen LogP contribution >= 0.6 is 0 Å². The molecule has 0 saturated carbocycles. The lowest BCUT2D eigenvalue weighted by atomic mass is 10.0. The molecule has 2 N–H and O–H groups in total. The van der Waals surface area contributed by atoms with Crippen molar-refractivity contribution in [2.45, 2.75) is 44.3 Å². The molecule has 35 heavy (non-hydrogen) atoms. The third-order valence-corrected chi connectivity index (χ3v) is 5.35. The molecule has 0 spiro atoms. The smallest absolute Gasteiger partial charge is 0.475 e. The van der Waals surface area contributed by atoms with Gasteiger partial charge in [0.15, 0.2) is 0 Å². The van der Waals surface area contributed by atoms with Crippen molar-refractivity contribution in [3.05, 3.63) is 35.9 Å². The van der Waals surface area contributed by atoms with Crippen LogP contribution in [-0.2, 0) is 20.9 Å². The van der Waals surface area contributed by atoms with Gasteiger partial charge in [-0.15, -0.1) is 0 Å². The standard InChI is InChI=1S/C18H28N2O.2C2HF3O2/c1-19-10-7-17(13-19)14-20-11-8-18(9-12-20)21-15-16-5-3-2-4-6-16;2*3-2(4,5)1(6)7/h2-6,17-18H,7-15H2,1H3;2*(H,6,7). The highest BCUT2D eigenvalue weighted by molar-refractivity contribution is 5.73. The summed E-state index contributed by atoms with van der Waals surface area (Å²) in [5, 5.41) is 14.2. The Hall–Kier alpha value is -2.38. The zero-order valence-electron chi connectivity index (χ0n) is 19.2. The summed E-state index contributed by atoms with van der Waals surface area (Å²) in [4.78, 5) is 22.9. The van der Waals surface area contributed by atoms with Crippen molar-refractivity contribution < 1.29 is 50.9 Å². The molecule has 200 valence electrons. The Morgan fingerprint density at radius 3 is 1.80 bits per heavy atom. The van der Waals surface area contributed by atoms with Crippen molar-refractivity contribution in [2.24, 2.45) is 5.92 Å². The molecule has 2 aliphatic rings. The molecule has 1 aromatic carbocycles. The van der Waals surface area contributed by atoms with E-state index in [1.807, 2.05) is 0 Å². The van der Waals surface area contributed by atoms with Crippen molar-refractivity contribution in [2.75, 3.05) is 39.8 Å². The van der Waals surface area contributed by atoms with Gasteiger partial charge in [0.2, 0.25) is 0 Å². The summed E-state index contributed by atoms with van der Waals surface area (Å²) in [6.45, 7) is 7.03. The molecular weight excluding hydrogens is 486 g/mol. The fraction of sp³-hybridized carbons (Fsp3) is 0.636. The van der Waals surface area contributed by atoms with E-state index in [-0.39, 0.29) is 0 Å². The lowest BCUT2D eigenvalue weighted by Gasteiger charge is -2.33. The Labute approximate surface area is 199 Å². The number of hydrogen-bond donors (Lipinski definition) is 2. The van der Waals surface area contributed by atoms with E-state index in [4.69, 9.17) is 24.5 Å². The quantitative estimate of drug-likeness (QED) is 0.574. The number of benzene rings is 1. The number of carbonyl (C=O) groups is 2. The first-order chi connectivity index (χ1) is 16.2. The highest BCUT2D eigenvalue weighted by atomic mass is 19.4. The molecule has 0 bridgehead atoms. The summed E-state index contributed by atoms with van der Waals surface area (Å²) >= 11 is 0. The SMILES string of the molecule is CN1CCC(CN2CCC(OCc3ccccc3)CC2)C1.O=C(O)C(F)(F)F.O=C(O)C(F)(F)F. The van der Waals surface area contributed by atoms with Crippen LogP contribution in [-0.4, -0.2) is 90.2 Å². The largest absolute Gasteiger partial charge is 0.490 e. The monoisotopic (exact) mass is 516 g/mol. The van der Waals surface area contributed by atoms with Crippen LogP contribution in [0.25, 0.3) is 0 Å². The number of hydrogen-bond acceptors (Lipinski definition) is 5. The number of ether oxygens (including phenoxy) is 1. The molecular formula is C22H30F6N2O5. The van der Waals surface area contributed by atoms with Gasteiger partial charge in [-0.25, -0.2) is 9.59 Å². The van der Waals surface area contributed by atoms with E-state index in [1.165, 1.54) is 57.5 Å². The molecule has 2 saturated heterocycles. The minimum absolute atomic E-state index is 0.452. The van der Waals surface area contributed by atoms with Crippen LogP contribution in [0.4, 0.5) is 26.3 Å². The molecule has 0 radical (unpaired) electrons. The number of alkyl halides is 6. The fourth-order valence-electron chi connectivity index (χ4n) is 3.59. The second-order valence-corrected chi connectivity index (χ2v) is 8.32. The summed E-state index contributed by atoms with van der Waals surface area (Å²) in [6.07, 6.45) is -5.96. The number of likely N-dealkylation sites (tertiary alicyclic amines) is 2. The molecule has 0 aliphatic carbocycles. The second kappa shape index (κ2) is 14.2. The van der Waals surface area contributed by atoms with E-state index >= 15 is 0 Å². The third-order valence-electron chi connectivity index (χ3n) is 5.35. The maximum atomic E-state index is 10.6. The number of halogens is 6. The second-order valence-electron chi connectivity index (χ2n) is 8.32. The van der Waals surface area contributed by atoms with Gasteiger partial charge in [-0.05, 0) is 44.3 Å². The van der Waals surface area contributed by atoms with Crippen molar-refractivity contribution in [3.63, 3.8) is 0 Å². The third kappa shape index (κ3) is 13.3. The minimum Gasteiger partial charge on any atom is -0.475 e. The number of nitrogens with zero attached hydrogens (tertiary/aromatic N) is 2. The van der Waals surface area contributed by atoms with Crippen LogP contribution in [0, 0.1) is 5.92 Å². The molecule has 7 nitrogen and oxygen atoms in total. The summed E-state index contributed by atoms with van der Waals surface area (Å²) in [7, 11) is 2.24. The first-order valence-corrected chi connectivity index (χ1v) is 10.8. The zero-order chi connectivity index (χ0) is 26.6. The van der Waals surface area contributed by atoms with Crippen LogP contribution in [0.5, 0.6) is 0 Å². The lowest BCUT2D eigenvalue weighted by Crippen LogP contribution is -2.40. The van der Waals surface area contributed by atoms with Gasteiger partial charge in [0.05, 0.1) is 12.7 Å². The van der Waals surface area contributed by atoms with E-state index in [0.717, 1.165) is 12.5 Å². The molecule has 1 atom stereocenters. The Morgan fingerprint density at radius 2 is 1.40 bits per heavy atom. The summed E-state index contributed by atoms with van der Waals surface area (Å²) in [5.74, 6) is -4.63. The average Bonchev–Trinajstić information content (AvgIpc) is 3.18. The number of rotatable bonds is 5. The maximum absolute atomic E-state index is 10.6. The van der Waals surface area contributed by atoms with Crippen LogP contribution in [0.2, 0.25) is 0 Å². The highest BCUT2D eigenvalue weighted by Gasteiger charge is 2.38. The molecule has 1 unspecified atom stereocenters. The first-order valence-electron chi connectivity index (χ1n) is 10.8. The van der Waals surface area contributed by atoms with Crippen molar-refractivity contribution in [3.8, 4) is 0 Å². The maximum Gasteiger partial charge on any atom is 0.490 e. The summed E-state index contributed by atoms with van der Waals surface area (Å²) < 4.78 is 69.5. The molecule has 0 aromatic heterocycles. The van der Waals surface area contributed by atoms with E-state index in [9.17, 15) is 26.3 Å². The molecule has 3 rings (SSSR count). The van der Waals surface area contributed by atoms with Gasteiger partial charge < -0.3 is 24.7 Å². The molecule has 2 aliphatic heterocycles. The predicted molar refractivity (Wildman–Crippen MR) is 114 cm³/mol. The van der Waals surface area contributed by atoms with Gasteiger partial charge in [0, 0.05) is 26.2 Å². The normalized spacial score (nSPS) is 19.8. The molecule has 2 heterocycles. The van der Waals surface area contributed by atoms with E-state index in [0.29, 0.717) is 6.10 Å². The minimum atomic E-state index is -5.08. The van der Waals surface area contributed by atoms with Crippen LogP contribution in [0.1, 0.15) is 24.8 Å². The van der Waals surface area contributed by atoms with Gasteiger partial charge >= 0.3 is 24.3 Å². The highest BCUT2D eigenvalue weighted by Crippen LogP contribution is 2.20. The topological polar surface area (TPSA) is 90.3 Å². The van der Waals surface area contributed by atoms with E-state index < -0.39 is 24.3 Å². The summed E-state index contributed by atoms with van der Waals surface area (Å²) in [5.41, 5.74) is 1.29. The average molecular weight is 516 g/mol. The molecule has 2 fully saturated rings. The van der Waals surface area contributed by atoms with E-state index in [2.05, 4.69) is 47.2 Å². The molecule has 0 amide bonds. The number of aliphatic carboxylic acids is 2. The van der Waals surface area contributed by atoms with Gasteiger partial charge in [-0.2, -0.15) is 26.3 Å². The molecule has 1 aromatic rings. The fourth-order valence-corrected chi connectivity index (χ4v) is 3.59. The molecule has 13 heteroatoms. The Bertz CT molecular complexity index is 744. The van der Waals surface area contributed by atoms with Gasteiger partial charge in [0.25, 0.3) is 0 Å². The lowest BCUT2D eigenvalue weighted by molar-refractivity contribution is -0.193. The van der Waals surface area contributed by atoms with Crippen LogP contribution in [0.15, 0.2) is 30.3 Å². The summed E-state index contributed by atoms with van der Waals surface area (Å²) in [6, 6.07) is 10.5. The number of piperidine rings is 1. The van der Waals surface area contributed by atoms with Crippen LogP contribution in [0.3, 0.4) is 0 Å². The van der Waals surface area contributed by atoms with Crippen LogP contribution < -0.4 is 0 Å². The van der Waals surface area contributed by atoms with Gasteiger partial charge in [0.1, 0.15) is 0 Å². The Kier molecular flexibility index (Phi) is 12.5. The van der Waals surface area contributed by atoms with Crippen molar-refractivity contribution in [1.82, 2.24) is 9.80 Å². The first kappa shape index (κ1) is 30.7. The Balaban J connectivity index is 0.000000362. The predicted octanol–water partition coefficient (Wildman–Crippen LogP) is 3.89. The number of carboxylic acid groups (broad SMARTS) is 2. The zero-order valence-corrected chi connectivity index (χ0v) is 19.2. The van der Waals surface area contributed by atoms with Gasteiger partial charge in [-0.3, -0.25) is 0 Å². The van der Waals surface area contributed by atoms with Crippen molar-refractivity contribution in [1.29, 1.82) is 0 Å². The van der Waals surface area contributed by atoms with Gasteiger partial charge in [-0.1, -0.05) is 30.3 Å². The number of carboxylic acids is 2. The van der Waals surface area contributed by atoms with E-state index in [1.54, 1.807) is 0 Å². The van der Waals surface area contributed by atoms with Crippen molar-refractivity contribution >= 4 is 11.9 Å². The Morgan fingerprint density at radius 1 is 0.914 bits per heavy atom.